The summed E-state index contributed by atoms with van der Waals surface area (Å²) >= 11 is 0. The van der Waals surface area contributed by atoms with Gasteiger partial charge in [-0.2, -0.15) is 0 Å². The van der Waals surface area contributed by atoms with Gasteiger partial charge in [-0.3, -0.25) is 9.59 Å². The summed E-state index contributed by atoms with van der Waals surface area (Å²) in [6.45, 7) is 3.22. The van der Waals surface area contributed by atoms with Gasteiger partial charge in [-0.25, -0.2) is 4.39 Å². The fraction of sp³-hybridized carbons (Fsp3) is 0.385. The molecule has 6 heteroatoms. The van der Waals surface area contributed by atoms with Crippen molar-refractivity contribution in [1.29, 1.82) is 0 Å². The number of halogens is 1. The largest absolute Gasteiger partial charge is 0.481 e. The number of benzene rings is 1. The molecule has 0 aliphatic rings. The van der Waals surface area contributed by atoms with Crippen LogP contribution in [0.15, 0.2) is 24.3 Å². The second-order valence-corrected chi connectivity index (χ2v) is 3.74. The van der Waals surface area contributed by atoms with Crippen LogP contribution in [0, 0.1) is 5.82 Å². The number of ether oxygens (including phenoxy) is 2. The van der Waals surface area contributed by atoms with Gasteiger partial charge in [0.15, 0.2) is 6.10 Å². The number of carbonyl (C=O) groups is 2. The number of amides is 1. The molecule has 1 rings (SSSR count). The maximum atomic E-state index is 12.9. The smallest absolute Gasteiger partial charge is 0.325 e. The van der Waals surface area contributed by atoms with Gasteiger partial charge in [-0.1, -0.05) is 6.07 Å². The lowest BCUT2D eigenvalue weighted by atomic mass is 10.3. The third-order valence-corrected chi connectivity index (χ3v) is 2.19. The highest BCUT2D eigenvalue weighted by molar-refractivity contribution is 5.84. The van der Waals surface area contributed by atoms with Crippen molar-refractivity contribution in [2.75, 3.05) is 13.2 Å². The van der Waals surface area contributed by atoms with E-state index in [4.69, 9.17) is 4.74 Å². The van der Waals surface area contributed by atoms with Crippen molar-refractivity contribution in [1.82, 2.24) is 5.32 Å². The quantitative estimate of drug-likeness (QED) is 0.790. The van der Waals surface area contributed by atoms with Gasteiger partial charge in [0.1, 0.15) is 18.1 Å². The lowest BCUT2D eigenvalue weighted by molar-refractivity contribution is -0.144. The Morgan fingerprint density at radius 2 is 2.16 bits per heavy atom. The number of esters is 1. The molecule has 104 valence electrons. The highest BCUT2D eigenvalue weighted by atomic mass is 19.1. The predicted molar refractivity (Wildman–Crippen MR) is 66.1 cm³/mol. The van der Waals surface area contributed by atoms with Crippen LogP contribution in [0.5, 0.6) is 5.75 Å². The van der Waals surface area contributed by atoms with Crippen LogP contribution in [0.4, 0.5) is 4.39 Å². The molecule has 1 unspecified atom stereocenters. The van der Waals surface area contributed by atoms with Crippen molar-refractivity contribution in [2.45, 2.75) is 20.0 Å². The molecule has 1 aromatic carbocycles. The minimum Gasteiger partial charge on any atom is -0.481 e. The van der Waals surface area contributed by atoms with Gasteiger partial charge in [0.05, 0.1) is 6.61 Å². The molecule has 1 aromatic rings. The van der Waals surface area contributed by atoms with Crippen molar-refractivity contribution in [3.63, 3.8) is 0 Å². The molecule has 0 saturated carbocycles. The number of hydrogen-bond acceptors (Lipinski definition) is 4. The van der Waals surface area contributed by atoms with Crippen LogP contribution in [0.25, 0.3) is 0 Å². The van der Waals surface area contributed by atoms with Crippen molar-refractivity contribution in [3.05, 3.63) is 30.1 Å². The minimum absolute atomic E-state index is 0.219. The fourth-order valence-electron chi connectivity index (χ4n) is 1.31. The first kappa shape index (κ1) is 14.9. The zero-order chi connectivity index (χ0) is 14.3. The molecule has 1 amide bonds. The summed E-state index contributed by atoms with van der Waals surface area (Å²) < 4.78 is 22.8. The van der Waals surface area contributed by atoms with E-state index in [1.165, 1.54) is 31.2 Å². The van der Waals surface area contributed by atoms with E-state index in [1.807, 2.05) is 0 Å². The molecular weight excluding hydrogens is 253 g/mol. The van der Waals surface area contributed by atoms with E-state index < -0.39 is 23.8 Å². The lowest BCUT2D eigenvalue weighted by Gasteiger charge is -2.14. The molecule has 1 N–H and O–H groups in total. The summed E-state index contributed by atoms with van der Waals surface area (Å²) in [4.78, 5) is 22.6. The number of hydrogen-bond donors (Lipinski definition) is 1. The molecule has 0 bridgehead atoms. The van der Waals surface area contributed by atoms with Gasteiger partial charge in [-0.05, 0) is 26.0 Å². The molecule has 19 heavy (non-hydrogen) atoms. The van der Waals surface area contributed by atoms with Crippen molar-refractivity contribution in [3.8, 4) is 5.75 Å². The van der Waals surface area contributed by atoms with Crippen LogP contribution in [0.2, 0.25) is 0 Å². The maximum absolute atomic E-state index is 12.9. The van der Waals surface area contributed by atoms with E-state index in [2.05, 4.69) is 10.1 Å². The highest BCUT2D eigenvalue weighted by Gasteiger charge is 2.15. The summed E-state index contributed by atoms with van der Waals surface area (Å²) in [7, 11) is 0. The first-order valence-electron chi connectivity index (χ1n) is 5.88. The standard InChI is InChI=1S/C13H16FNO4/c1-3-18-12(16)8-15-13(17)9(2)19-11-6-4-5-10(14)7-11/h4-7,9H,3,8H2,1-2H3,(H,15,17). The van der Waals surface area contributed by atoms with Crippen LogP contribution >= 0.6 is 0 Å². The van der Waals surface area contributed by atoms with Crippen LogP contribution in [-0.4, -0.2) is 31.1 Å². The number of rotatable bonds is 6. The molecule has 0 fully saturated rings. The van der Waals surface area contributed by atoms with Gasteiger partial charge in [0.25, 0.3) is 5.91 Å². The van der Waals surface area contributed by atoms with Gasteiger partial charge in [0, 0.05) is 6.07 Å². The van der Waals surface area contributed by atoms with E-state index in [0.717, 1.165) is 0 Å². The van der Waals surface area contributed by atoms with Crippen LogP contribution in [-0.2, 0) is 14.3 Å². The van der Waals surface area contributed by atoms with E-state index >= 15 is 0 Å². The fourth-order valence-corrected chi connectivity index (χ4v) is 1.31. The predicted octanol–water partition coefficient (Wildman–Crippen LogP) is 1.27. The molecule has 0 aliphatic carbocycles. The summed E-state index contributed by atoms with van der Waals surface area (Å²) in [5.74, 6) is -1.19. The van der Waals surface area contributed by atoms with Crippen LogP contribution < -0.4 is 10.1 Å². The highest BCUT2D eigenvalue weighted by Crippen LogP contribution is 2.13. The van der Waals surface area contributed by atoms with Gasteiger partial charge in [0.2, 0.25) is 0 Å². The van der Waals surface area contributed by atoms with Gasteiger partial charge in [-0.15, -0.1) is 0 Å². The Morgan fingerprint density at radius 3 is 2.79 bits per heavy atom. The Labute approximate surface area is 110 Å². The second kappa shape index (κ2) is 7.35. The van der Waals surface area contributed by atoms with E-state index in [1.54, 1.807) is 6.92 Å². The zero-order valence-electron chi connectivity index (χ0n) is 10.8. The Bertz CT molecular complexity index is 450. The van der Waals surface area contributed by atoms with Crippen LogP contribution in [0.1, 0.15) is 13.8 Å². The number of nitrogens with one attached hydrogen (secondary N) is 1. The molecule has 0 heterocycles. The second-order valence-electron chi connectivity index (χ2n) is 3.74. The average molecular weight is 269 g/mol. The first-order chi connectivity index (χ1) is 9.02. The summed E-state index contributed by atoms with van der Waals surface area (Å²) in [6.07, 6.45) is -0.837. The first-order valence-corrected chi connectivity index (χ1v) is 5.88. The Hall–Kier alpha value is -2.11. The third-order valence-electron chi connectivity index (χ3n) is 2.19. The van der Waals surface area contributed by atoms with Gasteiger partial charge < -0.3 is 14.8 Å². The van der Waals surface area contributed by atoms with E-state index in [-0.39, 0.29) is 18.9 Å². The van der Waals surface area contributed by atoms with Crippen molar-refractivity contribution >= 4 is 11.9 Å². The Morgan fingerprint density at radius 1 is 1.42 bits per heavy atom. The maximum Gasteiger partial charge on any atom is 0.325 e. The average Bonchev–Trinajstić information content (AvgIpc) is 2.36. The van der Waals surface area contributed by atoms with Crippen molar-refractivity contribution in [2.24, 2.45) is 0 Å². The lowest BCUT2D eigenvalue weighted by Crippen LogP contribution is -2.39. The number of carbonyl (C=O) groups excluding carboxylic acids is 2. The van der Waals surface area contributed by atoms with Crippen molar-refractivity contribution < 1.29 is 23.5 Å². The normalized spacial score (nSPS) is 11.5. The molecule has 0 aromatic heterocycles. The Balaban J connectivity index is 2.42. The molecule has 0 saturated heterocycles. The zero-order valence-corrected chi connectivity index (χ0v) is 10.8. The summed E-state index contributed by atoms with van der Waals surface area (Å²) in [6, 6.07) is 5.47. The molecule has 5 nitrogen and oxygen atoms in total. The van der Waals surface area contributed by atoms with E-state index in [9.17, 15) is 14.0 Å². The summed E-state index contributed by atoms with van der Waals surface area (Å²) in [5, 5.41) is 2.37. The molecule has 1 atom stereocenters. The topological polar surface area (TPSA) is 64.6 Å². The van der Waals surface area contributed by atoms with Gasteiger partial charge >= 0.3 is 5.97 Å². The molecular formula is C13H16FNO4. The van der Waals surface area contributed by atoms with E-state index in [0.29, 0.717) is 0 Å². The Kier molecular flexibility index (Phi) is 5.78. The molecule has 0 spiro atoms. The monoisotopic (exact) mass is 269 g/mol. The SMILES string of the molecule is CCOC(=O)CNC(=O)C(C)Oc1cccc(F)c1. The molecule has 0 aliphatic heterocycles. The summed E-state index contributed by atoms with van der Waals surface area (Å²) in [5.41, 5.74) is 0. The van der Waals surface area contributed by atoms with Crippen LogP contribution in [0.3, 0.4) is 0 Å². The third kappa shape index (κ3) is 5.37. The molecule has 0 radical (unpaired) electrons. The minimum atomic E-state index is -0.837.